The number of aromatic nitrogens is 3. The molecule has 0 fully saturated rings. The van der Waals surface area contributed by atoms with Crippen LogP contribution in [-0.2, 0) is 4.57 Å². The maximum atomic E-state index is 15.6. The van der Waals surface area contributed by atoms with Gasteiger partial charge in [-0.05, 0) is 93.3 Å². The molecule has 0 radical (unpaired) electrons. The predicted octanol–water partition coefficient (Wildman–Crippen LogP) is 10.5. The maximum absolute atomic E-state index is 15.6. The van der Waals surface area contributed by atoms with Crippen LogP contribution in [0.5, 0.6) is 0 Å². The highest BCUT2D eigenvalue weighted by Gasteiger charge is 2.30. The Labute approximate surface area is 317 Å². The van der Waals surface area contributed by atoms with E-state index in [2.05, 4.69) is 54.6 Å². The van der Waals surface area contributed by atoms with Crippen LogP contribution in [0.3, 0.4) is 0 Å². The van der Waals surface area contributed by atoms with Crippen molar-refractivity contribution in [1.82, 2.24) is 15.0 Å². The number of nitrogens with zero attached hydrogens (tertiary/aromatic N) is 4. The molecule has 0 spiro atoms. The number of hydrogen-bond acceptors (Lipinski definition) is 5. The Kier molecular flexibility index (Phi) is 8.63. The largest absolute Gasteiger partial charge is 0.309 e. The zero-order valence-corrected chi connectivity index (χ0v) is 30.2. The third kappa shape index (κ3) is 6.48. The summed E-state index contributed by atoms with van der Waals surface area (Å²) in [6.45, 7) is 0. The first kappa shape index (κ1) is 33.8. The van der Waals surface area contributed by atoms with Crippen LogP contribution in [0.2, 0.25) is 0 Å². The molecule has 55 heavy (non-hydrogen) atoms. The SMILES string of the molecule is N#Cc1ccc(-c2nc(-c3ccc(F)cc3)nc(-c3ccc(-c4ccc(P(=O)(c5ccc6ccccc6c5)c5ccc6ccccc6c5)cc4)cc3)n2)cc1. The van der Waals surface area contributed by atoms with E-state index >= 15 is 4.57 Å². The van der Waals surface area contributed by atoms with Gasteiger partial charge in [0.05, 0.1) is 11.6 Å². The highest BCUT2D eigenvalue weighted by Crippen LogP contribution is 2.44. The van der Waals surface area contributed by atoms with E-state index in [0.717, 1.165) is 59.7 Å². The van der Waals surface area contributed by atoms with Gasteiger partial charge in [0.2, 0.25) is 0 Å². The van der Waals surface area contributed by atoms with E-state index in [1.165, 1.54) is 12.1 Å². The normalized spacial score (nSPS) is 11.4. The third-order valence-corrected chi connectivity index (χ3v) is 12.9. The highest BCUT2D eigenvalue weighted by atomic mass is 31.2. The van der Waals surface area contributed by atoms with Crippen molar-refractivity contribution >= 4 is 44.6 Å². The molecule has 8 aromatic carbocycles. The van der Waals surface area contributed by atoms with E-state index in [1.807, 2.05) is 84.9 Å². The number of hydrogen-bond donors (Lipinski definition) is 0. The van der Waals surface area contributed by atoms with Gasteiger partial charge in [-0.3, -0.25) is 0 Å². The molecule has 0 amide bonds. The van der Waals surface area contributed by atoms with Crippen LogP contribution >= 0.6 is 7.14 Å². The minimum atomic E-state index is -3.27. The van der Waals surface area contributed by atoms with Crippen LogP contribution in [0.25, 0.3) is 66.8 Å². The molecule has 0 N–H and O–H groups in total. The van der Waals surface area contributed by atoms with Crippen LogP contribution < -0.4 is 15.9 Å². The van der Waals surface area contributed by atoms with Crippen LogP contribution in [0.1, 0.15) is 5.56 Å². The fraction of sp³-hybridized carbons (Fsp3) is 0. The van der Waals surface area contributed by atoms with Gasteiger partial charge in [-0.15, -0.1) is 0 Å². The summed E-state index contributed by atoms with van der Waals surface area (Å²) < 4.78 is 29.4. The Morgan fingerprint density at radius 2 is 0.782 bits per heavy atom. The van der Waals surface area contributed by atoms with Crippen LogP contribution in [0, 0.1) is 17.1 Å². The molecule has 5 nitrogen and oxygen atoms in total. The summed E-state index contributed by atoms with van der Waals surface area (Å²) in [5, 5.41) is 15.9. The summed E-state index contributed by atoms with van der Waals surface area (Å²) in [4.78, 5) is 14.3. The third-order valence-electron chi connectivity index (χ3n) is 9.91. The molecule has 9 aromatic rings. The molecule has 0 aliphatic carbocycles. The van der Waals surface area contributed by atoms with Crippen molar-refractivity contribution in [3.63, 3.8) is 0 Å². The highest BCUT2D eigenvalue weighted by molar-refractivity contribution is 7.85. The zero-order valence-electron chi connectivity index (χ0n) is 29.3. The summed E-state index contributed by atoms with van der Waals surface area (Å²) in [5.41, 5.74) is 4.64. The van der Waals surface area contributed by atoms with E-state index in [1.54, 1.807) is 36.4 Å². The van der Waals surface area contributed by atoms with Crippen LogP contribution in [0.4, 0.5) is 4.39 Å². The van der Waals surface area contributed by atoms with Crippen molar-refractivity contribution in [2.75, 3.05) is 0 Å². The first-order chi connectivity index (χ1) is 26.9. The summed E-state index contributed by atoms with van der Waals surface area (Å²) in [7, 11) is -3.27. The van der Waals surface area contributed by atoms with Crippen molar-refractivity contribution in [1.29, 1.82) is 5.26 Å². The summed E-state index contributed by atoms with van der Waals surface area (Å²) in [5.74, 6) is 0.962. The van der Waals surface area contributed by atoms with Gasteiger partial charge in [-0.1, -0.05) is 121 Å². The molecular weight excluding hydrogens is 699 g/mol. The lowest BCUT2D eigenvalue weighted by Crippen LogP contribution is -2.25. The molecular formula is C48H30FN4OP. The fourth-order valence-electron chi connectivity index (χ4n) is 6.92. The lowest BCUT2D eigenvalue weighted by atomic mass is 10.0. The molecule has 7 heteroatoms. The second-order valence-electron chi connectivity index (χ2n) is 13.3. The lowest BCUT2D eigenvalue weighted by molar-refractivity contribution is 0.592. The van der Waals surface area contributed by atoms with Gasteiger partial charge in [-0.2, -0.15) is 5.26 Å². The molecule has 1 heterocycles. The van der Waals surface area contributed by atoms with Gasteiger partial charge in [0, 0.05) is 32.6 Å². The van der Waals surface area contributed by atoms with Gasteiger partial charge >= 0.3 is 0 Å². The lowest BCUT2D eigenvalue weighted by Gasteiger charge is -2.21. The first-order valence-electron chi connectivity index (χ1n) is 17.8. The Hall–Kier alpha value is -7.06. The summed E-state index contributed by atoms with van der Waals surface area (Å²) in [6.07, 6.45) is 0. The molecule has 0 saturated carbocycles. The molecule has 0 aliphatic heterocycles. The average Bonchev–Trinajstić information content (AvgIpc) is 3.26. The molecule has 0 bridgehead atoms. The second-order valence-corrected chi connectivity index (χ2v) is 16.1. The monoisotopic (exact) mass is 728 g/mol. The Morgan fingerprint density at radius 1 is 0.418 bits per heavy atom. The van der Waals surface area contributed by atoms with Crippen molar-refractivity contribution < 1.29 is 8.96 Å². The number of rotatable bonds is 7. The van der Waals surface area contributed by atoms with Crippen LogP contribution in [0.15, 0.2) is 182 Å². The number of benzene rings is 8. The molecule has 260 valence electrons. The van der Waals surface area contributed by atoms with Gasteiger partial charge in [-0.25, -0.2) is 19.3 Å². The molecule has 1 aromatic heterocycles. The van der Waals surface area contributed by atoms with E-state index < -0.39 is 7.14 Å². The van der Waals surface area contributed by atoms with E-state index in [9.17, 15) is 9.65 Å². The second kappa shape index (κ2) is 14.1. The minimum Gasteiger partial charge on any atom is -0.309 e. The number of halogens is 1. The van der Waals surface area contributed by atoms with Gasteiger partial charge in [0.1, 0.15) is 5.82 Å². The Bertz CT molecular complexity index is 2870. The Morgan fingerprint density at radius 3 is 1.24 bits per heavy atom. The van der Waals surface area contributed by atoms with Crippen molar-refractivity contribution in [2.45, 2.75) is 0 Å². The van der Waals surface area contributed by atoms with Crippen molar-refractivity contribution in [3.8, 4) is 51.4 Å². The molecule has 9 rings (SSSR count). The molecule has 0 unspecified atom stereocenters. The van der Waals surface area contributed by atoms with E-state index in [0.29, 0.717) is 28.6 Å². The summed E-state index contributed by atoms with van der Waals surface area (Å²) >= 11 is 0. The summed E-state index contributed by atoms with van der Waals surface area (Å²) in [6, 6.07) is 59.7. The van der Waals surface area contributed by atoms with Crippen molar-refractivity contribution in [2.24, 2.45) is 0 Å². The van der Waals surface area contributed by atoms with Crippen LogP contribution in [-0.4, -0.2) is 15.0 Å². The quantitative estimate of drug-likeness (QED) is 0.153. The smallest absolute Gasteiger partial charge is 0.171 e. The standard InChI is InChI=1S/C48H30FN4OP/c49-42-23-17-39(18-24-42)48-52-46(37-11-9-32(31-50)10-12-37)51-47(53-48)38-15-13-35(14-16-38)36-19-25-43(26-20-36)55(54,44-27-21-33-5-1-3-7-40(33)29-44)45-28-22-34-6-2-4-8-41(34)30-45/h1-30H. The van der Waals surface area contributed by atoms with Crippen molar-refractivity contribution in [3.05, 3.63) is 193 Å². The molecule has 0 saturated heterocycles. The van der Waals surface area contributed by atoms with E-state index in [4.69, 9.17) is 15.0 Å². The van der Waals surface area contributed by atoms with E-state index in [-0.39, 0.29) is 5.82 Å². The first-order valence-corrected chi connectivity index (χ1v) is 19.5. The average molecular weight is 729 g/mol. The fourth-order valence-corrected chi connectivity index (χ4v) is 9.60. The minimum absolute atomic E-state index is 0.348. The van der Waals surface area contributed by atoms with Gasteiger partial charge in [0.25, 0.3) is 0 Å². The number of nitriles is 1. The topological polar surface area (TPSA) is 79.5 Å². The zero-order chi connectivity index (χ0) is 37.4. The molecule has 0 atom stereocenters. The molecule has 0 aliphatic rings. The number of fused-ring (bicyclic) bond motifs is 2. The van der Waals surface area contributed by atoms with Gasteiger partial charge in [0.15, 0.2) is 24.6 Å². The maximum Gasteiger partial charge on any atom is 0.171 e. The van der Waals surface area contributed by atoms with Gasteiger partial charge < -0.3 is 4.57 Å². The Balaban J connectivity index is 1.08. The predicted molar refractivity (Wildman–Crippen MR) is 221 cm³/mol.